The number of benzene rings is 2. The van der Waals surface area contributed by atoms with Crippen LogP contribution in [0.2, 0.25) is 5.02 Å². The average Bonchev–Trinajstić information content (AvgIpc) is 3.05. The molecule has 1 aliphatic rings. The van der Waals surface area contributed by atoms with Gasteiger partial charge in [0, 0.05) is 22.8 Å². The summed E-state index contributed by atoms with van der Waals surface area (Å²) in [5.74, 6) is -0.168. The molecule has 0 N–H and O–H groups in total. The SMILES string of the molecule is COc1ccc(Cl)cc1CC(=O)O[C@@H](C)C(=O)N1CCc2ccccc21. The largest absolute Gasteiger partial charge is 0.496 e. The zero-order valence-electron chi connectivity index (χ0n) is 14.7. The molecule has 0 bridgehead atoms. The lowest BCUT2D eigenvalue weighted by atomic mass is 10.1. The number of carbonyl (C=O) groups excluding carboxylic acids is 2. The van der Waals surface area contributed by atoms with Crippen LogP contribution in [-0.2, 0) is 27.2 Å². The van der Waals surface area contributed by atoms with Gasteiger partial charge in [0.15, 0.2) is 6.10 Å². The van der Waals surface area contributed by atoms with E-state index in [1.54, 1.807) is 30.0 Å². The Labute approximate surface area is 157 Å². The fourth-order valence-electron chi connectivity index (χ4n) is 3.12. The molecule has 0 spiro atoms. The molecule has 3 rings (SSSR count). The van der Waals surface area contributed by atoms with Crippen molar-refractivity contribution < 1.29 is 19.1 Å². The third-order valence-electron chi connectivity index (χ3n) is 4.39. The molecule has 1 aliphatic heterocycles. The van der Waals surface area contributed by atoms with Crippen LogP contribution in [0, 0.1) is 0 Å². The second-order valence-corrected chi connectivity index (χ2v) is 6.57. The minimum Gasteiger partial charge on any atom is -0.496 e. The van der Waals surface area contributed by atoms with Crippen molar-refractivity contribution in [3.05, 3.63) is 58.6 Å². The maximum Gasteiger partial charge on any atom is 0.311 e. The van der Waals surface area contributed by atoms with Crippen LogP contribution in [0.25, 0.3) is 0 Å². The van der Waals surface area contributed by atoms with E-state index < -0.39 is 12.1 Å². The van der Waals surface area contributed by atoms with E-state index in [1.165, 1.54) is 7.11 Å². The van der Waals surface area contributed by atoms with Crippen molar-refractivity contribution in [3.63, 3.8) is 0 Å². The summed E-state index contributed by atoms with van der Waals surface area (Å²) in [5.41, 5.74) is 2.64. The lowest BCUT2D eigenvalue weighted by Gasteiger charge is -2.22. The first-order chi connectivity index (χ1) is 12.5. The normalized spacial score (nSPS) is 13.9. The second kappa shape index (κ2) is 7.79. The minimum atomic E-state index is -0.862. The van der Waals surface area contributed by atoms with Gasteiger partial charge in [0.1, 0.15) is 5.75 Å². The molecule has 0 aromatic heterocycles. The van der Waals surface area contributed by atoms with Gasteiger partial charge in [-0.2, -0.15) is 0 Å². The standard InChI is InChI=1S/C20H20ClNO4/c1-13(20(24)22-10-9-14-5-3-4-6-17(14)22)26-19(23)12-15-11-16(21)7-8-18(15)25-2/h3-8,11,13H,9-10,12H2,1-2H3/t13-/m0/s1. The van der Waals surface area contributed by atoms with E-state index in [-0.39, 0.29) is 12.3 Å². The van der Waals surface area contributed by atoms with Crippen molar-refractivity contribution in [2.45, 2.75) is 25.9 Å². The Kier molecular flexibility index (Phi) is 5.47. The van der Waals surface area contributed by atoms with Crippen LogP contribution in [0.4, 0.5) is 5.69 Å². The molecule has 5 nitrogen and oxygen atoms in total. The van der Waals surface area contributed by atoms with Crippen molar-refractivity contribution in [1.29, 1.82) is 0 Å². The van der Waals surface area contributed by atoms with E-state index in [4.69, 9.17) is 21.1 Å². The van der Waals surface area contributed by atoms with Gasteiger partial charge in [0.25, 0.3) is 5.91 Å². The van der Waals surface area contributed by atoms with E-state index in [2.05, 4.69) is 0 Å². The first-order valence-corrected chi connectivity index (χ1v) is 8.78. The monoisotopic (exact) mass is 373 g/mol. The fraction of sp³-hybridized carbons (Fsp3) is 0.300. The van der Waals surface area contributed by atoms with Crippen LogP contribution in [-0.4, -0.2) is 31.6 Å². The average molecular weight is 374 g/mol. The van der Waals surface area contributed by atoms with Gasteiger partial charge in [-0.05, 0) is 43.2 Å². The first kappa shape index (κ1) is 18.3. The number of esters is 1. The van der Waals surface area contributed by atoms with Crippen molar-refractivity contribution in [1.82, 2.24) is 0 Å². The molecule has 0 saturated carbocycles. The summed E-state index contributed by atoms with van der Waals surface area (Å²) in [6, 6.07) is 12.8. The molecule has 0 aliphatic carbocycles. The van der Waals surface area contributed by atoms with E-state index in [0.717, 1.165) is 17.7 Å². The summed E-state index contributed by atoms with van der Waals surface area (Å²) in [4.78, 5) is 26.6. The number of nitrogens with zero attached hydrogens (tertiary/aromatic N) is 1. The van der Waals surface area contributed by atoms with Crippen LogP contribution in [0.1, 0.15) is 18.1 Å². The van der Waals surface area contributed by atoms with Crippen molar-refractivity contribution in [2.24, 2.45) is 0 Å². The predicted octanol–water partition coefficient (Wildman–Crippen LogP) is 3.41. The summed E-state index contributed by atoms with van der Waals surface area (Å²) in [6.07, 6.45) is -0.0703. The summed E-state index contributed by atoms with van der Waals surface area (Å²) >= 11 is 5.98. The maximum absolute atomic E-state index is 12.7. The highest BCUT2D eigenvalue weighted by molar-refractivity contribution is 6.30. The molecule has 1 atom stereocenters. The smallest absolute Gasteiger partial charge is 0.311 e. The Balaban J connectivity index is 1.65. The number of fused-ring (bicyclic) bond motifs is 1. The lowest BCUT2D eigenvalue weighted by molar-refractivity contribution is -0.153. The van der Waals surface area contributed by atoms with Crippen LogP contribution in [0.3, 0.4) is 0 Å². The molecule has 0 radical (unpaired) electrons. The van der Waals surface area contributed by atoms with Gasteiger partial charge in [-0.15, -0.1) is 0 Å². The maximum atomic E-state index is 12.7. The second-order valence-electron chi connectivity index (χ2n) is 6.13. The van der Waals surface area contributed by atoms with Crippen molar-refractivity contribution in [3.8, 4) is 5.75 Å². The molecule has 0 saturated heterocycles. The van der Waals surface area contributed by atoms with E-state index in [9.17, 15) is 9.59 Å². The molecule has 1 amide bonds. The number of carbonyl (C=O) groups is 2. The van der Waals surface area contributed by atoms with Crippen LogP contribution in [0.5, 0.6) is 5.75 Å². The number of anilines is 1. The Hall–Kier alpha value is -2.53. The van der Waals surface area contributed by atoms with E-state index >= 15 is 0 Å². The van der Waals surface area contributed by atoms with Gasteiger partial charge < -0.3 is 14.4 Å². The third-order valence-corrected chi connectivity index (χ3v) is 4.62. The summed E-state index contributed by atoms with van der Waals surface area (Å²) in [7, 11) is 1.52. The van der Waals surface area contributed by atoms with Crippen LogP contribution in [0.15, 0.2) is 42.5 Å². The minimum absolute atomic E-state index is 0.0159. The lowest BCUT2D eigenvalue weighted by Crippen LogP contribution is -2.39. The number of hydrogen-bond donors (Lipinski definition) is 0. The third kappa shape index (κ3) is 3.83. The molecule has 136 valence electrons. The Morgan fingerprint density at radius 2 is 2.00 bits per heavy atom. The highest BCUT2D eigenvalue weighted by Crippen LogP contribution is 2.28. The number of methoxy groups -OCH3 is 1. The number of ether oxygens (including phenoxy) is 2. The molecule has 0 fully saturated rings. The van der Waals surface area contributed by atoms with Gasteiger partial charge in [0.05, 0.1) is 13.5 Å². The van der Waals surface area contributed by atoms with Crippen LogP contribution < -0.4 is 9.64 Å². The first-order valence-electron chi connectivity index (χ1n) is 8.40. The van der Waals surface area contributed by atoms with Gasteiger partial charge in [0.2, 0.25) is 0 Å². The number of amides is 1. The molecule has 1 heterocycles. The predicted molar refractivity (Wildman–Crippen MR) is 99.8 cm³/mol. The molecular weight excluding hydrogens is 354 g/mol. The number of para-hydroxylation sites is 1. The molecule has 6 heteroatoms. The van der Waals surface area contributed by atoms with Gasteiger partial charge >= 0.3 is 5.97 Å². The number of rotatable bonds is 5. The summed E-state index contributed by atoms with van der Waals surface area (Å²) in [5, 5.41) is 0.506. The fourth-order valence-corrected chi connectivity index (χ4v) is 3.31. The quantitative estimate of drug-likeness (QED) is 0.754. The highest BCUT2D eigenvalue weighted by Gasteiger charge is 2.29. The van der Waals surface area contributed by atoms with E-state index in [0.29, 0.717) is 22.9 Å². The summed E-state index contributed by atoms with van der Waals surface area (Å²) < 4.78 is 10.6. The van der Waals surface area contributed by atoms with Crippen molar-refractivity contribution in [2.75, 3.05) is 18.6 Å². The molecule has 2 aromatic carbocycles. The molecular formula is C20H20ClNO4. The van der Waals surface area contributed by atoms with Gasteiger partial charge in [-0.25, -0.2) is 0 Å². The topological polar surface area (TPSA) is 55.8 Å². The van der Waals surface area contributed by atoms with Crippen LogP contribution >= 0.6 is 11.6 Å². The molecule has 0 unspecified atom stereocenters. The van der Waals surface area contributed by atoms with Gasteiger partial charge in [-0.3, -0.25) is 9.59 Å². The Morgan fingerprint density at radius 3 is 2.77 bits per heavy atom. The van der Waals surface area contributed by atoms with Crippen molar-refractivity contribution >= 4 is 29.2 Å². The number of halogens is 1. The molecule has 26 heavy (non-hydrogen) atoms. The zero-order chi connectivity index (χ0) is 18.7. The number of hydrogen-bond acceptors (Lipinski definition) is 4. The highest BCUT2D eigenvalue weighted by atomic mass is 35.5. The summed E-state index contributed by atoms with van der Waals surface area (Å²) in [6.45, 7) is 2.19. The zero-order valence-corrected chi connectivity index (χ0v) is 15.5. The Morgan fingerprint density at radius 1 is 1.23 bits per heavy atom. The van der Waals surface area contributed by atoms with E-state index in [1.807, 2.05) is 24.3 Å². The molecule has 2 aromatic rings. The van der Waals surface area contributed by atoms with Gasteiger partial charge in [-0.1, -0.05) is 29.8 Å². The Bertz CT molecular complexity index is 836.